The van der Waals surface area contributed by atoms with E-state index < -0.39 is 0 Å². The molecule has 0 aliphatic carbocycles. The zero-order valence-electron chi connectivity index (χ0n) is 10.1. The zero-order chi connectivity index (χ0) is 10.9. The van der Waals surface area contributed by atoms with Crippen molar-refractivity contribution in [3.8, 4) is 0 Å². The predicted octanol–water partition coefficient (Wildman–Crippen LogP) is 0.565. The first-order chi connectivity index (χ1) is 6.68. The molecule has 0 aliphatic rings. The molecule has 0 aliphatic heterocycles. The molecule has 0 saturated carbocycles. The van der Waals surface area contributed by atoms with Gasteiger partial charge in [-0.2, -0.15) is 11.8 Å². The summed E-state index contributed by atoms with van der Waals surface area (Å²) in [5.74, 6) is 1.28. The van der Waals surface area contributed by atoms with Gasteiger partial charge in [-0.1, -0.05) is 18.5 Å². The third-order valence-electron chi connectivity index (χ3n) is 2.80. The highest BCUT2D eigenvalue weighted by Gasteiger charge is 2.22. The van der Waals surface area contributed by atoms with Crippen LogP contribution in [-0.4, -0.2) is 38.0 Å². The summed E-state index contributed by atoms with van der Waals surface area (Å²) in [6.07, 6.45) is 8.65. The van der Waals surface area contributed by atoms with Crippen molar-refractivity contribution in [2.75, 3.05) is 12.0 Å². The number of rotatable bonds is 9. The standard InChI is InChI=1S/C10H27NSSi2/c1-12-7-2-4-10(11,6-9-14)5-3-8-13/h2-9,11H2,1,13-14H3. The van der Waals surface area contributed by atoms with E-state index in [2.05, 4.69) is 6.26 Å². The minimum atomic E-state index is 0.196. The lowest BCUT2D eigenvalue weighted by atomic mass is 9.87. The smallest absolute Gasteiger partial charge is 0.0151 e. The lowest BCUT2D eigenvalue weighted by molar-refractivity contribution is 0.347. The highest BCUT2D eigenvalue weighted by Crippen LogP contribution is 2.23. The SMILES string of the molecule is CSCCCC(N)(CC[SiH3])CCC[SiH3]. The molecule has 1 atom stereocenters. The fourth-order valence-electron chi connectivity index (χ4n) is 1.97. The van der Waals surface area contributed by atoms with Gasteiger partial charge < -0.3 is 5.73 Å². The summed E-state index contributed by atoms with van der Waals surface area (Å²) in [5.41, 5.74) is 6.66. The maximum atomic E-state index is 6.46. The molecule has 0 fully saturated rings. The fraction of sp³-hybridized carbons (Fsp3) is 1.00. The Balaban J connectivity index is 3.82. The third-order valence-corrected chi connectivity index (χ3v) is 4.70. The van der Waals surface area contributed by atoms with Crippen LogP contribution in [0.5, 0.6) is 0 Å². The molecule has 2 N–H and O–H groups in total. The molecule has 0 radical (unpaired) electrons. The topological polar surface area (TPSA) is 26.0 Å². The van der Waals surface area contributed by atoms with Gasteiger partial charge in [0.2, 0.25) is 0 Å². The minimum Gasteiger partial charge on any atom is -0.325 e. The first kappa shape index (κ1) is 14.7. The molecule has 0 aromatic rings. The Bertz CT molecular complexity index is 135. The summed E-state index contributed by atoms with van der Waals surface area (Å²) in [7, 11) is 2.65. The van der Waals surface area contributed by atoms with Crippen LogP contribution in [0.25, 0.3) is 0 Å². The monoisotopic (exact) mass is 249 g/mol. The van der Waals surface area contributed by atoms with Crippen LogP contribution in [0.3, 0.4) is 0 Å². The highest BCUT2D eigenvalue weighted by atomic mass is 32.2. The Hall–Kier alpha value is 0.744. The van der Waals surface area contributed by atoms with Crippen molar-refractivity contribution < 1.29 is 0 Å². The quantitative estimate of drug-likeness (QED) is 0.477. The Morgan fingerprint density at radius 1 is 1.07 bits per heavy atom. The lowest BCUT2D eigenvalue weighted by Crippen LogP contribution is -2.39. The van der Waals surface area contributed by atoms with E-state index >= 15 is 0 Å². The second-order valence-corrected chi connectivity index (χ2v) is 7.30. The van der Waals surface area contributed by atoms with Crippen LogP contribution in [0.15, 0.2) is 0 Å². The first-order valence-corrected chi connectivity index (χ1v) is 10.2. The van der Waals surface area contributed by atoms with Crippen molar-refractivity contribution in [3.05, 3.63) is 0 Å². The predicted molar refractivity (Wildman–Crippen MR) is 77.9 cm³/mol. The number of thioether (sulfide) groups is 1. The molecular weight excluding hydrogens is 222 g/mol. The van der Waals surface area contributed by atoms with Crippen LogP contribution in [0, 0.1) is 0 Å². The Morgan fingerprint density at radius 2 is 1.71 bits per heavy atom. The fourth-order valence-corrected chi connectivity index (χ4v) is 3.75. The van der Waals surface area contributed by atoms with E-state index in [1.165, 1.54) is 70.4 Å². The van der Waals surface area contributed by atoms with Crippen LogP contribution in [0.1, 0.15) is 32.1 Å². The van der Waals surface area contributed by atoms with Crippen molar-refractivity contribution in [2.24, 2.45) is 5.73 Å². The van der Waals surface area contributed by atoms with Gasteiger partial charge in [0.05, 0.1) is 0 Å². The molecule has 1 unspecified atom stereocenters. The molecule has 86 valence electrons. The summed E-state index contributed by atoms with van der Waals surface area (Å²) in [6, 6.07) is 2.79. The second kappa shape index (κ2) is 9.01. The molecule has 0 aromatic heterocycles. The van der Waals surface area contributed by atoms with Crippen molar-refractivity contribution in [3.63, 3.8) is 0 Å². The average Bonchev–Trinajstić information content (AvgIpc) is 2.16. The van der Waals surface area contributed by atoms with Gasteiger partial charge in [-0.25, -0.2) is 0 Å². The van der Waals surface area contributed by atoms with E-state index in [1.54, 1.807) is 0 Å². The van der Waals surface area contributed by atoms with E-state index in [9.17, 15) is 0 Å². The van der Waals surface area contributed by atoms with Crippen LogP contribution < -0.4 is 5.73 Å². The minimum absolute atomic E-state index is 0.196. The average molecular weight is 250 g/mol. The van der Waals surface area contributed by atoms with Gasteiger partial charge >= 0.3 is 0 Å². The molecule has 0 amide bonds. The highest BCUT2D eigenvalue weighted by molar-refractivity contribution is 7.98. The molecule has 1 nitrogen and oxygen atoms in total. The normalized spacial score (nSPS) is 15.9. The molecule has 0 spiro atoms. The maximum absolute atomic E-state index is 6.46. The third kappa shape index (κ3) is 7.09. The van der Waals surface area contributed by atoms with Gasteiger partial charge in [-0.3, -0.25) is 0 Å². The number of nitrogens with two attached hydrogens (primary N) is 1. The van der Waals surface area contributed by atoms with Gasteiger partial charge in [0.15, 0.2) is 0 Å². The van der Waals surface area contributed by atoms with Crippen molar-refractivity contribution in [2.45, 2.75) is 49.7 Å². The molecule has 4 heteroatoms. The maximum Gasteiger partial charge on any atom is 0.0151 e. The second-order valence-electron chi connectivity index (χ2n) is 4.31. The lowest BCUT2D eigenvalue weighted by Gasteiger charge is -2.29. The van der Waals surface area contributed by atoms with Gasteiger partial charge in [-0.05, 0) is 37.7 Å². The zero-order valence-corrected chi connectivity index (χ0v) is 15.0. The number of hydrogen-bond acceptors (Lipinski definition) is 2. The van der Waals surface area contributed by atoms with Crippen LogP contribution in [0.2, 0.25) is 12.1 Å². The Kier molecular flexibility index (Phi) is 9.48. The molecule has 0 rings (SSSR count). The van der Waals surface area contributed by atoms with Crippen molar-refractivity contribution >= 4 is 32.2 Å². The van der Waals surface area contributed by atoms with Crippen LogP contribution >= 0.6 is 11.8 Å². The summed E-state index contributed by atoms with van der Waals surface area (Å²) in [5, 5.41) is 0. The van der Waals surface area contributed by atoms with E-state index in [0.29, 0.717) is 0 Å². The largest absolute Gasteiger partial charge is 0.325 e. The Morgan fingerprint density at radius 3 is 2.21 bits per heavy atom. The van der Waals surface area contributed by atoms with E-state index in [-0.39, 0.29) is 5.54 Å². The first-order valence-electron chi connectivity index (χ1n) is 5.96. The van der Waals surface area contributed by atoms with Crippen LogP contribution in [-0.2, 0) is 0 Å². The van der Waals surface area contributed by atoms with Gasteiger partial charge in [0.1, 0.15) is 0 Å². The summed E-state index contributed by atoms with van der Waals surface area (Å²) in [6.45, 7) is 0. The molecular formula is C10H27NSSi2. The van der Waals surface area contributed by atoms with Gasteiger partial charge in [-0.15, -0.1) is 0 Å². The molecule has 0 bridgehead atoms. The van der Waals surface area contributed by atoms with Crippen molar-refractivity contribution in [1.82, 2.24) is 0 Å². The van der Waals surface area contributed by atoms with E-state index in [0.717, 1.165) is 0 Å². The van der Waals surface area contributed by atoms with Gasteiger partial charge in [0.25, 0.3) is 0 Å². The molecule has 0 aromatic carbocycles. The Labute approximate surface area is 99.8 Å². The molecule has 0 saturated heterocycles. The summed E-state index contributed by atoms with van der Waals surface area (Å²) < 4.78 is 0. The van der Waals surface area contributed by atoms with Crippen molar-refractivity contribution in [1.29, 1.82) is 0 Å². The van der Waals surface area contributed by atoms with E-state index in [4.69, 9.17) is 5.73 Å². The molecule has 14 heavy (non-hydrogen) atoms. The summed E-state index contributed by atoms with van der Waals surface area (Å²) in [4.78, 5) is 0. The summed E-state index contributed by atoms with van der Waals surface area (Å²) >= 11 is 1.94. The van der Waals surface area contributed by atoms with Gasteiger partial charge in [0, 0.05) is 26.0 Å². The van der Waals surface area contributed by atoms with E-state index in [1.807, 2.05) is 11.8 Å². The molecule has 0 heterocycles. The number of hydrogen-bond donors (Lipinski definition) is 1. The van der Waals surface area contributed by atoms with Crippen LogP contribution in [0.4, 0.5) is 0 Å².